The lowest BCUT2D eigenvalue weighted by Crippen LogP contribution is -2.53. The van der Waals surface area contributed by atoms with Gasteiger partial charge in [0.2, 0.25) is 10.0 Å². The van der Waals surface area contributed by atoms with E-state index in [4.69, 9.17) is 0 Å². The molecule has 2 atom stereocenters. The van der Waals surface area contributed by atoms with Gasteiger partial charge in [-0.15, -0.1) is 0 Å². The molecule has 190 valence electrons. The number of nitrogens with one attached hydrogen (secondary N) is 2. The van der Waals surface area contributed by atoms with E-state index in [2.05, 4.69) is 10.0 Å². The summed E-state index contributed by atoms with van der Waals surface area (Å²) in [6.45, 7) is 4.79. The number of anilines is 1. The number of hydrogen-bond donors (Lipinski definition) is 2. The van der Waals surface area contributed by atoms with Gasteiger partial charge in [0, 0.05) is 55.2 Å². The number of rotatable bonds is 5. The Morgan fingerprint density at radius 1 is 0.972 bits per heavy atom. The molecule has 0 aliphatic carbocycles. The van der Waals surface area contributed by atoms with Crippen molar-refractivity contribution >= 4 is 38.4 Å². The van der Waals surface area contributed by atoms with Crippen molar-refractivity contribution in [3.63, 3.8) is 0 Å². The van der Waals surface area contributed by atoms with E-state index in [0.717, 1.165) is 5.56 Å². The SMILES string of the molecule is Cc1ccccc1C(=O)Nc1ccc(S(=O)(=O)N[C@H]2CCN(C(=O)N(C)C)CC2C)c2ccccc12. The van der Waals surface area contributed by atoms with Gasteiger partial charge in [-0.1, -0.05) is 49.4 Å². The van der Waals surface area contributed by atoms with Gasteiger partial charge in [0.25, 0.3) is 5.91 Å². The Bertz CT molecular complexity index is 1400. The maximum Gasteiger partial charge on any atom is 0.319 e. The Morgan fingerprint density at radius 2 is 1.64 bits per heavy atom. The minimum absolute atomic E-state index is 0.0450. The van der Waals surface area contributed by atoms with Gasteiger partial charge in [-0.2, -0.15) is 0 Å². The molecule has 3 aromatic carbocycles. The Labute approximate surface area is 212 Å². The van der Waals surface area contributed by atoms with E-state index >= 15 is 0 Å². The number of aryl methyl sites for hydroxylation is 1. The predicted molar refractivity (Wildman–Crippen MR) is 142 cm³/mol. The molecule has 4 rings (SSSR count). The van der Waals surface area contributed by atoms with E-state index in [1.54, 1.807) is 49.3 Å². The van der Waals surface area contributed by atoms with Crippen molar-refractivity contribution in [3.05, 3.63) is 71.8 Å². The third-order valence-electron chi connectivity index (χ3n) is 6.68. The molecule has 3 aromatic rings. The van der Waals surface area contributed by atoms with Gasteiger partial charge in [-0.25, -0.2) is 17.9 Å². The van der Waals surface area contributed by atoms with Crippen molar-refractivity contribution in [1.29, 1.82) is 0 Å². The summed E-state index contributed by atoms with van der Waals surface area (Å²) in [5.41, 5.74) is 1.96. The Morgan fingerprint density at radius 3 is 2.31 bits per heavy atom. The molecule has 9 heteroatoms. The number of sulfonamides is 1. The number of carbonyl (C=O) groups excluding carboxylic acids is 2. The molecule has 1 saturated heterocycles. The summed E-state index contributed by atoms with van der Waals surface area (Å²) in [4.78, 5) is 28.6. The standard InChI is InChI=1S/C27H32N4O4S/c1-18-9-5-6-10-20(18)26(32)28-24-13-14-25(22-12-8-7-11-21(22)24)36(34,35)29-23-15-16-31(17-19(23)2)27(33)30(3)4/h5-14,19,23,29H,15-17H2,1-4H3,(H,28,32)/t19?,23-/m0/s1. The molecule has 1 aliphatic rings. The molecule has 0 aromatic heterocycles. The fourth-order valence-electron chi connectivity index (χ4n) is 4.67. The lowest BCUT2D eigenvalue weighted by atomic mass is 9.95. The molecule has 8 nitrogen and oxygen atoms in total. The molecular weight excluding hydrogens is 476 g/mol. The van der Waals surface area contributed by atoms with E-state index in [0.29, 0.717) is 41.5 Å². The van der Waals surface area contributed by atoms with E-state index in [1.807, 2.05) is 38.1 Å². The molecule has 1 heterocycles. The minimum atomic E-state index is -3.85. The maximum absolute atomic E-state index is 13.5. The molecule has 0 radical (unpaired) electrons. The van der Waals surface area contributed by atoms with Gasteiger partial charge in [0.1, 0.15) is 0 Å². The van der Waals surface area contributed by atoms with Gasteiger partial charge in [0.15, 0.2) is 0 Å². The van der Waals surface area contributed by atoms with Gasteiger partial charge in [-0.3, -0.25) is 4.79 Å². The zero-order valence-corrected chi connectivity index (χ0v) is 21.8. The number of fused-ring (bicyclic) bond motifs is 1. The van der Waals surface area contributed by atoms with Crippen LogP contribution in [0.4, 0.5) is 10.5 Å². The number of hydrogen-bond acceptors (Lipinski definition) is 4. The smallest absolute Gasteiger partial charge is 0.319 e. The third kappa shape index (κ3) is 5.22. The van der Waals surface area contributed by atoms with Crippen molar-refractivity contribution in [2.45, 2.75) is 31.2 Å². The van der Waals surface area contributed by atoms with Crippen LogP contribution in [0.15, 0.2) is 65.6 Å². The Kier molecular flexibility index (Phi) is 7.33. The highest BCUT2D eigenvalue weighted by molar-refractivity contribution is 7.89. The van der Waals surface area contributed by atoms with Crippen molar-refractivity contribution in [3.8, 4) is 0 Å². The minimum Gasteiger partial charge on any atom is -0.331 e. The second-order valence-corrected chi connectivity index (χ2v) is 11.2. The van der Waals surface area contributed by atoms with Crippen LogP contribution in [0.2, 0.25) is 0 Å². The average molecular weight is 509 g/mol. The fraction of sp³-hybridized carbons (Fsp3) is 0.333. The van der Waals surface area contributed by atoms with Crippen LogP contribution in [0.5, 0.6) is 0 Å². The van der Waals surface area contributed by atoms with Gasteiger partial charge in [-0.05, 0) is 43.0 Å². The zero-order chi connectivity index (χ0) is 26.0. The van der Waals surface area contributed by atoms with Crippen LogP contribution < -0.4 is 10.0 Å². The quantitative estimate of drug-likeness (QED) is 0.543. The predicted octanol–water partition coefficient (Wildman–Crippen LogP) is 4.07. The number of piperidine rings is 1. The van der Waals surface area contributed by atoms with E-state index in [9.17, 15) is 18.0 Å². The first kappa shape index (κ1) is 25.7. The number of likely N-dealkylation sites (tertiary alicyclic amines) is 1. The van der Waals surface area contributed by atoms with E-state index < -0.39 is 10.0 Å². The summed E-state index contributed by atoms with van der Waals surface area (Å²) in [5.74, 6) is -0.295. The summed E-state index contributed by atoms with van der Waals surface area (Å²) in [6.07, 6.45) is 0.530. The van der Waals surface area contributed by atoms with Crippen LogP contribution >= 0.6 is 0 Å². The van der Waals surface area contributed by atoms with Gasteiger partial charge < -0.3 is 15.1 Å². The number of nitrogens with zero attached hydrogens (tertiary/aromatic N) is 2. The topological polar surface area (TPSA) is 98.8 Å². The van der Waals surface area contributed by atoms with Crippen molar-refractivity contribution in [1.82, 2.24) is 14.5 Å². The molecule has 1 unspecified atom stereocenters. The van der Waals surface area contributed by atoms with Crippen LogP contribution in [0.3, 0.4) is 0 Å². The number of urea groups is 1. The van der Waals surface area contributed by atoms with Crippen LogP contribution in [0.25, 0.3) is 10.8 Å². The third-order valence-corrected chi connectivity index (χ3v) is 8.22. The average Bonchev–Trinajstić information content (AvgIpc) is 2.85. The van der Waals surface area contributed by atoms with Crippen LogP contribution in [-0.2, 0) is 10.0 Å². The van der Waals surface area contributed by atoms with Gasteiger partial charge >= 0.3 is 6.03 Å². The largest absolute Gasteiger partial charge is 0.331 e. The normalized spacial score (nSPS) is 18.2. The van der Waals surface area contributed by atoms with Crippen LogP contribution in [0.1, 0.15) is 29.3 Å². The molecule has 3 amide bonds. The Balaban J connectivity index is 1.58. The van der Waals surface area contributed by atoms with E-state index in [1.165, 1.54) is 11.0 Å². The summed E-state index contributed by atoms with van der Waals surface area (Å²) >= 11 is 0. The lowest BCUT2D eigenvalue weighted by molar-refractivity contribution is 0.102. The summed E-state index contributed by atoms with van der Waals surface area (Å²) < 4.78 is 29.9. The molecular formula is C27H32N4O4S. The summed E-state index contributed by atoms with van der Waals surface area (Å²) in [6, 6.07) is 17.3. The van der Waals surface area contributed by atoms with Crippen molar-refractivity contribution in [2.75, 3.05) is 32.5 Å². The second kappa shape index (κ2) is 10.3. The second-order valence-electron chi connectivity index (χ2n) is 9.54. The molecule has 1 fully saturated rings. The monoisotopic (exact) mass is 508 g/mol. The number of benzene rings is 3. The highest BCUT2D eigenvalue weighted by Crippen LogP contribution is 2.31. The fourth-order valence-corrected chi connectivity index (χ4v) is 6.26. The van der Waals surface area contributed by atoms with Crippen molar-refractivity contribution < 1.29 is 18.0 Å². The first-order valence-electron chi connectivity index (χ1n) is 12.0. The molecule has 0 bridgehead atoms. The maximum atomic E-state index is 13.5. The number of amides is 3. The first-order chi connectivity index (χ1) is 17.1. The highest BCUT2D eigenvalue weighted by atomic mass is 32.2. The van der Waals surface area contributed by atoms with Crippen LogP contribution in [-0.4, -0.2) is 63.4 Å². The summed E-state index contributed by atoms with van der Waals surface area (Å²) in [7, 11) is -0.437. The lowest BCUT2D eigenvalue weighted by Gasteiger charge is -2.38. The Hall–Kier alpha value is -3.43. The number of carbonyl (C=O) groups is 2. The zero-order valence-electron chi connectivity index (χ0n) is 21.0. The molecule has 0 saturated carbocycles. The molecule has 1 aliphatic heterocycles. The van der Waals surface area contributed by atoms with Crippen LogP contribution in [0, 0.1) is 12.8 Å². The van der Waals surface area contributed by atoms with Crippen molar-refractivity contribution in [2.24, 2.45) is 5.92 Å². The summed E-state index contributed by atoms with van der Waals surface area (Å²) in [5, 5.41) is 4.11. The van der Waals surface area contributed by atoms with Gasteiger partial charge in [0.05, 0.1) is 4.90 Å². The molecule has 36 heavy (non-hydrogen) atoms. The molecule has 2 N–H and O–H groups in total. The first-order valence-corrected chi connectivity index (χ1v) is 13.4. The highest BCUT2D eigenvalue weighted by Gasteiger charge is 2.33. The molecule has 0 spiro atoms. The van der Waals surface area contributed by atoms with E-state index in [-0.39, 0.29) is 28.8 Å².